The Morgan fingerprint density at radius 3 is 2.00 bits per heavy atom. The summed E-state index contributed by atoms with van der Waals surface area (Å²) in [5, 5.41) is 0. The zero-order chi connectivity index (χ0) is 9.56. The molecule has 1 nitrogen and oxygen atoms in total. The summed E-state index contributed by atoms with van der Waals surface area (Å²) in [6.07, 6.45) is 5.00. The minimum atomic E-state index is 0.425. The van der Waals surface area contributed by atoms with Gasteiger partial charge in [-0.15, -0.1) is 0 Å². The van der Waals surface area contributed by atoms with Crippen LogP contribution in [0.2, 0.25) is 0 Å². The molecule has 0 aliphatic carbocycles. The number of rotatable bonds is 6. The van der Waals surface area contributed by atoms with Gasteiger partial charge in [-0.25, -0.2) is 0 Å². The first-order valence-corrected chi connectivity index (χ1v) is 5.33. The first kappa shape index (κ1) is 12.0. The van der Waals surface area contributed by atoms with Crippen LogP contribution in [0, 0.1) is 11.8 Å². The first-order chi connectivity index (χ1) is 5.57. The third-order valence-corrected chi connectivity index (χ3v) is 2.55. The summed E-state index contributed by atoms with van der Waals surface area (Å²) < 4.78 is 0. The predicted molar refractivity (Wildman–Crippen MR) is 56.1 cm³/mol. The summed E-state index contributed by atoms with van der Waals surface area (Å²) in [6.45, 7) is 9.04. The van der Waals surface area contributed by atoms with Gasteiger partial charge in [-0.1, -0.05) is 40.5 Å². The summed E-state index contributed by atoms with van der Waals surface area (Å²) in [6, 6.07) is 0.425. The van der Waals surface area contributed by atoms with Crippen LogP contribution < -0.4 is 5.73 Å². The van der Waals surface area contributed by atoms with Crippen molar-refractivity contribution in [2.45, 2.75) is 59.4 Å². The van der Waals surface area contributed by atoms with Crippen molar-refractivity contribution >= 4 is 0 Å². The molecule has 0 radical (unpaired) electrons. The molecule has 2 N–H and O–H groups in total. The Labute approximate surface area is 77.7 Å². The average molecular weight is 171 g/mol. The summed E-state index contributed by atoms with van der Waals surface area (Å²) in [5.74, 6) is 1.52. The van der Waals surface area contributed by atoms with Gasteiger partial charge in [0.25, 0.3) is 0 Å². The van der Waals surface area contributed by atoms with E-state index in [1.54, 1.807) is 0 Å². The van der Waals surface area contributed by atoms with E-state index < -0.39 is 0 Å². The Hall–Kier alpha value is -0.0400. The smallest absolute Gasteiger partial charge is 0.00644 e. The summed E-state index contributed by atoms with van der Waals surface area (Å²) in [4.78, 5) is 0. The van der Waals surface area contributed by atoms with Gasteiger partial charge in [-0.05, 0) is 24.7 Å². The van der Waals surface area contributed by atoms with Crippen molar-refractivity contribution in [3.05, 3.63) is 0 Å². The van der Waals surface area contributed by atoms with Gasteiger partial charge in [0.05, 0.1) is 0 Å². The van der Waals surface area contributed by atoms with Gasteiger partial charge in [-0.3, -0.25) is 0 Å². The lowest BCUT2D eigenvalue weighted by Crippen LogP contribution is -2.28. The van der Waals surface area contributed by atoms with Gasteiger partial charge >= 0.3 is 0 Å². The maximum absolute atomic E-state index is 6.01. The maximum Gasteiger partial charge on any atom is 0.00644 e. The third-order valence-electron chi connectivity index (χ3n) is 2.55. The number of nitrogens with two attached hydrogens (primary N) is 1. The van der Waals surface area contributed by atoms with Crippen molar-refractivity contribution in [2.24, 2.45) is 17.6 Å². The molecule has 2 unspecified atom stereocenters. The molecule has 0 heterocycles. The summed E-state index contributed by atoms with van der Waals surface area (Å²) in [7, 11) is 0. The van der Waals surface area contributed by atoms with Crippen LogP contribution >= 0.6 is 0 Å². The van der Waals surface area contributed by atoms with Gasteiger partial charge < -0.3 is 5.73 Å². The molecular formula is C11H25N. The highest BCUT2D eigenvalue weighted by Crippen LogP contribution is 2.16. The van der Waals surface area contributed by atoms with Gasteiger partial charge in [0.1, 0.15) is 0 Å². The summed E-state index contributed by atoms with van der Waals surface area (Å²) >= 11 is 0. The summed E-state index contributed by atoms with van der Waals surface area (Å²) in [5.41, 5.74) is 6.01. The standard InChI is InChI=1S/C11H25N/c1-5-6-11(12)10(4)8-7-9(2)3/h9-11H,5-8,12H2,1-4H3. The Morgan fingerprint density at radius 1 is 1.00 bits per heavy atom. The van der Waals surface area contributed by atoms with Crippen molar-refractivity contribution in [3.8, 4) is 0 Å². The lowest BCUT2D eigenvalue weighted by molar-refractivity contribution is 0.370. The SMILES string of the molecule is CCCC(N)C(C)CCC(C)C. The molecular weight excluding hydrogens is 146 g/mol. The molecule has 0 amide bonds. The van der Waals surface area contributed by atoms with E-state index >= 15 is 0 Å². The minimum absolute atomic E-state index is 0.425. The topological polar surface area (TPSA) is 26.0 Å². The molecule has 0 aromatic rings. The Morgan fingerprint density at radius 2 is 1.58 bits per heavy atom. The monoisotopic (exact) mass is 171 g/mol. The van der Waals surface area contributed by atoms with Gasteiger partial charge in [0.2, 0.25) is 0 Å². The minimum Gasteiger partial charge on any atom is -0.327 e. The van der Waals surface area contributed by atoms with E-state index in [2.05, 4.69) is 27.7 Å². The fraction of sp³-hybridized carbons (Fsp3) is 1.00. The molecule has 0 rings (SSSR count). The molecule has 0 aliphatic heterocycles. The molecule has 1 heteroatoms. The highest BCUT2D eigenvalue weighted by molar-refractivity contribution is 4.68. The van der Waals surface area contributed by atoms with Gasteiger partial charge in [-0.2, -0.15) is 0 Å². The lowest BCUT2D eigenvalue weighted by Gasteiger charge is -2.19. The zero-order valence-corrected chi connectivity index (χ0v) is 9.14. The zero-order valence-electron chi connectivity index (χ0n) is 9.14. The molecule has 12 heavy (non-hydrogen) atoms. The highest BCUT2D eigenvalue weighted by atomic mass is 14.6. The second-order valence-electron chi connectivity index (χ2n) is 4.40. The molecule has 0 saturated heterocycles. The van der Waals surface area contributed by atoms with E-state index in [0.29, 0.717) is 12.0 Å². The fourth-order valence-electron chi connectivity index (χ4n) is 1.43. The Balaban J connectivity index is 3.49. The van der Waals surface area contributed by atoms with Crippen LogP contribution in [0.3, 0.4) is 0 Å². The number of hydrogen-bond acceptors (Lipinski definition) is 1. The fourth-order valence-corrected chi connectivity index (χ4v) is 1.43. The van der Waals surface area contributed by atoms with E-state index in [1.165, 1.54) is 25.7 Å². The van der Waals surface area contributed by atoms with Crippen LogP contribution in [-0.2, 0) is 0 Å². The molecule has 0 saturated carbocycles. The molecule has 0 spiro atoms. The van der Waals surface area contributed by atoms with Crippen LogP contribution in [0.5, 0.6) is 0 Å². The van der Waals surface area contributed by atoms with E-state index in [1.807, 2.05) is 0 Å². The largest absolute Gasteiger partial charge is 0.327 e. The van der Waals surface area contributed by atoms with Crippen molar-refractivity contribution < 1.29 is 0 Å². The normalized spacial score (nSPS) is 16.5. The van der Waals surface area contributed by atoms with E-state index in [4.69, 9.17) is 5.73 Å². The highest BCUT2D eigenvalue weighted by Gasteiger charge is 2.11. The van der Waals surface area contributed by atoms with Crippen molar-refractivity contribution in [1.82, 2.24) is 0 Å². The second kappa shape index (κ2) is 6.47. The molecule has 74 valence electrons. The van der Waals surface area contributed by atoms with E-state index in [0.717, 1.165) is 5.92 Å². The average Bonchev–Trinajstić information content (AvgIpc) is 2.00. The molecule has 0 fully saturated rings. The maximum atomic E-state index is 6.01. The van der Waals surface area contributed by atoms with Crippen LogP contribution in [0.1, 0.15) is 53.4 Å². The quantitative estimate of drug-likeness (QED) is 0.652. The molecule has 0 aromatic carbocycles. The second-order valence-corrected chi connectivity index (χ2v) is 4.40. The van der Waals surface area contributed by atoms with E-state index in [-0.39, 0.29) is 0 Å². The molecule has 0 aliphatic rings. The van der Waals surface area contributed by atoms with Crippen LogP contribution in [0.4, 0.5) is 0 Å². The molecule has 0 bridgehead atoms. The third kappa shape index (κ3) is 5.59. The lowest BCUT2D eigenvalue weighted by atomic mass is 9.91. The number of hydrogen-bond donors (Lipinski definition) is 1. The first-order valence-electron chi connectivity index (χ1n) is 5.33. The Bertz CT molecular complexity index is 99.2. The van der Waals surface area contributed by atoms with Crippen LogP contribution in [-0.4, -0.2) is 6.04 Å². The Kier molecular flexibility index (Phi) is 6.45. The van der Waals surface area contributed by atoms with Crippen LogP contribution in [0.25, 0.3) is 0 Å². The van der Waals surface area contributed by atoms with Gasteiger partial charge in [0, 0.05) is 6.04 Å². The van der Waals surface area contributed by atoms with Crippen molar-refractivity contribution in [1.29, 1.82) is 0 Å². The predicted octanol–water partition coefficient (Wildman–Crippen LogP) is 3.19. The van der Waals surface area contributed by atoms with Crippen molar-refractivity contribution in [3.63, 3.8) is 0 Å². The molecule has 0 aromatic heterocycles. The van der Waals surface area contributed by atoms with Gasteiger partial charge in [0.15, 0.2) is 0 Å². The molecule has 2 atom stereocenters. The van der Waals surface area contributed by atoms with Crippen LogP contribution in [0.15, 0.2) is 0 Å². The van der Waals surface area contributed by atoms with E-state index in [9.17, 15) is 0 Å². The van der Waals surface area contributed by atoms with Crippen molar-refractivity contribution in [2.75, 3.05) is 0 Å².